The minimum Gasteiger partial charge on any atom is -0.339 e. The van der Waals surface area contributed by atoms with Gasteiger partial charge in [-0.3, -0.25) is 9.59 Å². The molecular weight excluding hydrogens is 324 g/mol. The molecule has 1 heterocycles. The molecule has 0 aromatic heterocycles. The van der Waals surface area contributed by atoms with Gasteiger partial charge in [-0.2, -0.15) is 0 Å². The number of carbonyl (C=O) groups excluding carboxylic acids is 2. The van der Waals surface area contributed by atoms with Crippen molar-refractivity contribution in [1.29, 1.82) is 0 Å². The SMILES string of the molecule is NCc1cccc(C2CCN(C(=O)C=CC(=O)c3ccccc3)CC2)c1. The van der Waals surface area contributed by atoms with Crippen LogP contribution in [-0.2, 0) is 11.3 Å². The average Bonchev–Trinajstić information content (AvgIpc) is 2.72. The smallest absolute Gasteiger partial charge is 0.246 e. The largest absolute Gasteiger partial charge is 0.339 e. The number of nitrogens with zero attached hydrogens (tertiary/aromatic N) is 1. The van der Waals surface area contributed by atoms with Gasteiger partial charge >= 0.3 is 0 Å². The van der Waals surface area contributed by atoms with Gasteiger partial charge in [-0.15, -0.1) is 0 Å². The second kappa shape index (κ2) is 8.59. The minimum absolute atomic E-state index is 0.0940. The van der Waals surface area contributed by atoms with Crippen LogP contribution in [0.1, 0.15) is 40.2 Å². The molecule has 1 fully saturated rings. The van der Waals surface area contributed by atoms with Crippen molar-refractivity contribution in [1.82, 2.24) is 4.90 Å². The van der Waals surface area contributed by atoms with E-state index in [0.717, 1.165) is 18.4 Å². The van der Waals surface area contributed by atoms with Crippen LogP contribution in [0.15, 0.2) is 66.7 Å². The molecular formula is C22H24N2O2. The van der Waals surface area contributed by atoms with Gasteiger partial charge in [-0.1, -0.05) is 54.6 Å². The van der Waals surface area contributed by atoms with E-state index in [2.05, 4.69) is 12.1 Å². The van der Waals surface area contributed by atoms with E-state index in [-0.39, 0.29) is 11.7 Å². The van der Waals surface area contributed by atoms with Crippen molar-refractivity contribution in [2.75, 3.05) is 13.1 Å². The third-order valence-corrected chi connectivity index (χ3v) is 4.90. The van der Waals surface area contributed by atoms with Gasteiger partial charge in [-0.25, -0.2) is 0 Å². The summed E-state index contributed by atoms with van der Waals surface area (Å²) in [6, 6.07) is 17.4. The van der Waals surface area contributed by atoms with Crippen LogP contribution >= 0.6 is 0 Å². The summed E-state index contributed by atoms with van der Waals surface area (Å²) in [5.41, 5.74) is 8.76. The minimum atomic E-state index is -0.146. The monoisotopic (exact) mass is 348 g/mol. The van der Waals surface area contributed by atoms with Crippen molar-refractivity contribution < 1.29 is 9.59 Å². The van der Waals surface area contributed by atoms with Crippen molar-refractivity contribution in [2.24, 2.45) is 5.73 Å². The summed E-state index contributed by atoms with van der Waals surface area (Å²) in [5, 5.41) is 0. The van der Waals surface area contributed by atoms with Crippen molar-refractivity contribution >= 4 is 11.7 Å². The van der Waals surface area contributed by atoms with Crippen LogP contribution in [0, 0.1) is 0 Å². The molecule has 0 saturated carbocycles. The standard InChI is InChI=1S/C22H24N2O2/c23-16-17-5-4-8-20(15-17)18-11-13-24(14-12-18)22(26)10-9-21(25)19-6-2-1-3-7-19/h1-10,15,18H,11-14,16,23H2. The number of allylic oxidation sites excluding steroid dienone is 1. The van der Waals surface area contributed by atoms with E-state index in [1.807, 2.05) is 35.2 Å². The first-order valence-corrected chi connectivity index (χ1v) is 9.02. The molecule has 26 heavy (non-hydrogen) atoms. The first-order valence-electron chi connectivity index (χ1n) is 9.02. The molecule has 1 saturated heterocycles. The summed E-state index contributed by atoms with van der Waals surface area (Å²) in [6.07, 6.45) is 4.62. The first-order chi connectivity index (χ1) is 12.7. The summed E-state index contributed by atoms with van der Waals surface area (Å²) >= 11 is 0. The molecule has 0 atom stereocenters. The Morgan fingerprint density at radius 1 is 1.00 bits per heavy atom. The predicted molar refractivity (Wildman–Crippen MR) is 103 cm³/mol. The molecule has 0 spiro atoms. The number of hydrogen-bond acceptors (Lipinski definition) is 3. The van der Waals surface area contributed by atoms with E-state index in [1.165, 1.54) is 17.7 Å². The third kappa shape index (κ3) is 4.46. The highest BCUT2D eigenvalue weighted by Crippen LogP contribution is 2.28. The Balaban J connectivity index is 1.55. The second-order valence-electron chi connectivity index (χ2n) is 6.61. The van der Waals surface area contributed by atoms with Crippen LogP contribution in [0.5, 0.6) is 0 Å². The number of carbonyl (C=O) groups is 2. The predicted octanol–water partition coefficient (Wildman–Crippen LogP) is 3.29. The van der Waals surface area contributed by atoms with Gasteiger partial charge in [0, 0.05) is 31.3 Å². The number of benzene rings is 2. The third-order valence-electron chi connectivity index (χ3n) is 4.90. The maximum atomic E-state index is 12.3. The van der Waals surface area contributed by atoms with Crippen molar-refractivity contribution in [3.63, 3.8) is 0 Å². The summed E-state index contributed by atoms with van der Waals surface area (Å²) in [7, 11) is 0. The van der Waals surface area contributed by atoms with Gasteiger partial charge < -0.3 is 10.6 Å². The summed E-state index contributed by atoms with van der Waals surface area (Å²) in [4.78, 5) is 26.2. The van der Waals surface area contributed by atoms with E-state index in [9.17, 15) is 9.59 Å². The number of rotatable bonds is 5. The van der Waals surface area contributed by atoms with E-state index >= 15 is 0 Å². The van der Waals surface area contributed by atoms with Gasteiger partial charge in [-0.05, 0) is 36.0 Å². The Morgan fingerprint density at radius 3 is 2.42 bits per heavy atom. The highest BCUT2D eigenvalue weighted by Gasteiger charge is 2.22. The van der Waals surface area contributed by atoms with E-state index in [1.54, 1.807) is 12.1 Å². The quantitative estimate of drug-likeness (QED) is 0.666. The van der Waals surface area contributed by atoms with Crippen LogP contribution in [0.25, 0.3) is 0 Å². The van der Waals surface area contributed by atoms with Crippen LogP contribution < -0.4 is 5.73 Å². The lowest BCUT2D eigenvalue weighted by Gasteiger charge is -2.31. The highest BCUT2D eigenvalue weighted by molar-refractivity contribution is 6.07. The molecule has 0 aliphatic carbocycles. The lowest BCUT2D eigenvalue weighted by molar-refractivity contribution is -0.127. The Bertz CT molecular complexity index is 791. The molecule has 4 heteroatoms. The maximum Gasteiger partial charge on any atom is 0.246 e. The number of likely N-dealkylation sites (tertiary alicyclic amines) is 1. The normalized spacial score (nSPS) is 15.3. The molecule has 2 N–H and O–H groups in total. The summed E-state index contributed by atoms with van der Waals surface area (Å²) < 4.78 is 0. The summed E-state index contributed by atoms with van der Waals surface area (Å²) in [6.45, 7) is 1.96. The van der Waals surface area contributed by atoms with Crippen molar-refractivity contribution in [3.05, 3.63) is 83.4 Å². The van der Waals surface area contributed by atoms with Gasteiger partial charge in [0.1, 0.15) is 0 Å². The highest BCUT2D eigenvalue weighted by atomic mass is 16.2. The molecule has 3 rings (SSSR count). The molecule has 1 aliphatic rings. The van der Waals surface area contributed by atoms with Gasteiger partial charge in [0.15, 0.2) is 5.78 Å². The van der Waals surface area contributed by atoms with Crippen LogP contribution in [0.2, 0.25) is 0 Å². The van der Waals surface area contributed by atoms with Crippen LogP contribution in [0.4, 0.5) is 0 Å². The molecule has 0 bridgehead atoms. The fourth-order valence-electron chi connectivity index (χ4n) is 3.36. The van der Waals surface area contributed by atoms with E-state index in [4.69, 9.17) is 5.73 Å². The second-order valence-corrected chi connectivity index (χ2v) is 6.61. The Morgan fingerprint density at radius 2 is 1.73 bits per heavy atom. The van der Waals surface area contributed by atoms with Gasteiger partial charge in [0.25, 0.3) is 0 Å². The van der Waals surface area contributed by atoms with Gasteiger partial charge in [0.05, 0.1) is 0 Å². The molecule has 1 aliphatic heterocycles. The first kappa shape index (κ1) is 18.1. The van der Waals surface area contributed by atoms with Crippen LogP contribution in [0.3, 0.4) is 0 Å². The average molecular weight is 348 g/mol. The molecule has 2 aromatic rings. The molecule has 4 nitrogen and oxygen atoms in total. The molecule has 2 aromatic carbocycles. The number of nitrogens with two attached hydrogens (primary N) is 1. The number of ketones is 1. The zero-order valence-corrected chi connectivity index (χ0v) is 14.8. The summed E-state index contributed by atoms with van der Waals surface area (Å²) in [5.74, 6) is 0.219. The number of amides is 1. The zero-order chi connectivity index (χ0) is 18.4. The zero-order valence-electron chi connectivity index (χ0n) is 14.8. The Kier molecular flexibility index (Phi) is 5.97. The van der Waals surface area contributed by atoms with Crippen molar-refractivity contribution in [3.8, 4) is 0 Å². The Labute approximate surface area is 154 Å². The topological polar surface area (TPSA) is 63.4 Å². The number of hydrogen-bond donors (Lipinski definition) is 1. The van der Waals surface area contributed by atoms with Gasteiger partial charge in [0.2, 0.25) is 5.91 Å². The van der Waals surface area contributed by atoms with Crippen LogP contribution in [-0.4, -0.2) is 29.7 Å². The fourth-order valence-corrected chi connectivity index (χ4v) is 3.36. The molecule has 1 amide bonds. The molecule has 0 radical (unpaired) electrons. The molecule has 134 valence electrons. The van der Waals surface area contributed by atoms with E-state index < -0.39 is 0 Å². The Hall–Kier alpha value is -2.72. The van der Waals surface area contributed by atoms with E-state index in [0.29, 0.717) is 31.1 Å². The van der Waals surface area contributed by atoms with Crippen molar-refractivity contribution in [2.45, 2.75) is 25.3 Å². The fraction of sp³-hybridized carbons (Fsp3) is 0.273. The molecule has 0 unspecified atom stereocenters. The number of piperidine rings is 1. The lowest BCUT2D eigenvalue weighted by atomic mass is 9.88. The maximum absolute atomic E-state index is 12.3. The lowest BCUT2D eigenvalue weighted by Crippen LogP contribution is -2.37.